The third kappa shape index (κ3) is 2.94. The maximum atomic E-state index is 4.38. The molecule has 1 aromatic heterocycles. The van der Waals surface area contributed by atoms with E-state index in [1.54, 1.807) is 0 Å². The molecular formula is C18H27N3. The van der Waals surface area contributed by atoms with E-state index < -0.39 is 0 Å². The molecule has 0 bridgehead atoms. The normalized spacial score (nSPS) is 24.7. The van der Waals surface area contributed by atoms with Gasteiger partial charge in [-0.25, -0.2) is 0 Å². The Kier molecular flexibility index (Phi) is 3.62. The lowest BCUT2D eigenvalue weighted by atomic mass is 9.77. The Hall–Kier alpha value is -1.09. The van der Waals surface area contributed by atoms with Crippen LogP contribution in [0, 0.1) is 5.41 Å². The SMILES string of the molecule is c1cc(CNC2CC2)c(N2CCC3(CCCC3)CC2)cn1. The van der Waals surface area contributed by atoms with Crippen LogP contribution >= 0.6 is 0 Å². The maximum absolute atomic E-state index is 4.38. The summed E-state index contributed by atoms with van der Waals surface area (Å²) in [5.41, 5.74) is 3.50. The van der Waals surface area contributed by atoms with Crippen LogP contribution in [0.4, 0.5) is 5.69 Å². The van der Waals surface area contributed by atoms with E-state index >= 15 is 0 Å². The van der Waals surface area contributed by atoms with Crippen LogP contribution in [-0.4, -0.2) is 24.1 Å². The van der Waals surface area contributed by atoms with Crippen molar-refractivity contribution in [2.75, 3.05) is 18.0 Å². The van der Waals surface area contributed by atoms with E-state index in [2.05, 4.69) is 27.5 Å². The van der Waals surface area contributed by atoms with Gasteiger partial charge in [0.15, 0.2) is 0 Å². The van der Waals surface area contributed by atoms with E-state index in [0.29, 0.717) is 5.41 Å². The molecule has 0 atom stereocenters. The number of aromatic nitrogens is 1. The molecule has 0 amide bonds. The fraction of sp³-hybridized carbons (Fsp3) is 0.722. The highest BCUT2D eigenvalue weighted by molar-refractivity contribution is 5.52. The number of hydrogen-bond acceptors (Lipinski definition) is 3. The van der Waals surface area contributed by atoms with Crippen molar-refractivity contribution in [3.8, 4) is 0 Å². The summed E-state index contributed by atoms with van der Waals surface area (Å²) in [6.45, 7) is 3.45. The first kappa shape index (κ1) is 13.6. The molecule has 1 aliphatic heterocycles. The van der Waals surface area contributed by atoms with Crippen molar-refractivity contribution < 1.29 is 0 Å². The molecule has 1 N–H and O–H groups in total. The predicted octanol–water partition coefficient (Wildman–Crippen LogP) is 3.49. The molecular weight excluding hydrogens is 258 g/mol. The van der Waals surface area contributed by atoms with Gasteiger partial charge in [-0.05, 0) is 55.6 Å². The number of anilines is 1. The maximum Gasteiger partial charge on any atom is 0.0598 e. The number of piperidine rings is 1. The van der Waals surface area contributed by atoms with Crippen molar-refractivity contribution in [1.29, 1.82) is 0 Å². The zero-order valence-electron chi connectivity index (χ0n) is 13.0. The zero-order chi connectivity index (χ0) is 14.1. The fourth-order valence-corrected chi connectivity index (χ4v) is 4.24. The number of nitrogens with zero attached hydrogens (tertiary/aromatic N) is 2. The standard InChI is InChI=1S/C18H27N3/c1-2-7-18(6-1)8-11-21(12-9-18)17-14-19-10-5-15(17)13-20-16-3-4-16/h5,10,14,16,20H,1-4,6-9,11-13H2. The molecule has 21 heavy (non-hydrogen) atoms. The first-order valence-corrected chi connectivity index (χ1v) is 8.76. The summed E-state index contributed by atoms with van der Waals surface area (Å²) in [7, 11) is 0. The number of pyridine rings is 1. The first-order valence-electron chi connectivity index (χ1n) is 8.76. The molecule has 1 spiro atoms. The van der Waals surface area contributed by atoms with Crippen LogP contribution in [0.15, 0.2) is 18.5 Å². The molecule has 2 heterocycles. The van der Waals surface area contributed by atoms with E-state index in [1.165, 1.54) is 75.7 Å². The topological polar surface area (TPSA) is 28.2 Å². The van der Waals surface area contributed by atoms with Crippen molar-refractivity contribution in [3.05, 3.63) is 24.0 Å². The van der Waals surface area contributed by atoms with Crippen LogP contribution < -0.4 is 10.2 Å². The van der Waals surface area contributed by atoms with E-state index in [4.69, 9.17) is 0 Å². The third-order valence-electron chi connectivity index (χ3n) is 5.88. The summed E-state index contributed by atoms with van der Waals surface area (Å²) in [6, 6.07) is 2.97. The summed E-state index contributed by atoms with van der Waals surface area (Å²) in [4.78, 5) is 6.97. The van der Waals surface area contributed by atoms with Crippen LogP contribution in [0.3, 0.4) is 0 Å². The predicted molar refractivity (Wildman–Crippen MR) is 86.4 cm³/mol. The van der Waals surface area contributed by atoms with Crippen molar-refractivity contribution in [2.24, 2.45) is 5.41 Å². The molecule has 3 nitrogen and oxygen atoms in total. The van der Waals surface area contributed by atoms with Crippen molar-refractivity contribution in [3.63, 3.8) is 0 Å². The van der Waals surface area contributed by atoms with E-state index in [-0.39, 0.29) is 0 Å². The second-order valence-electron chi connectivity index (χ2n) is 7.35. The minimum absolute atomic E-state index is 0.700. The average Bonchev–Trinajstić information content (AvgIpc) is 3.26. The molecule has 4 rings (SSSR count). The van der Waals surface area contributed by atoms with Gasteiger partial charge in [0.1, 0.15) is 0 Å². The Morgan fingerprint density at radius 1 is 1.14 bits per heavy atom. The second-order valence-corrected chi connectivity index (χ2v) is 7.35. The highest BCUT2D eigenvalue weighted by Gasteiger charge is 2.37. The minimum atomic E-state index is 0.700. The van der Waals surface area contributed by atoms with Gasteiger partial charge in [-0.15, -0.1) is 0 Å². The van der Waals surface area contributed by atoms with Crippen LogP contribution in [0.1, 0.15) is 56.9 Å². The number of nitrogens with one attached hydrogen (secondary N) is 1. The minimum Gasteiger partial charge on any atom is -0.370 e. The van der Waals surface area contributed by atoms with Crippen molar-refractivity contribution in [1.82, 2.24) is 10.3 Å². The molecule has 0 radical (unpaired) electrons. The first-order chi connectivity index (χ1) is 10.3. The molecule has 2 aliphatic carbocycles. The fourth-order valence-electron chi connectivity index (χ4n) is 4.24. The quantitative estimate of drug-likeness (QED) is 0.918. The summed E-state index contributed by atoms with van der Waals surface area (Å²) < 4.78 is 0. The third-order valence-corrected chi connectivity index (χ3v) is 5.88. The Labute approximate surface area is 128 Å². The summed E-state index contributed by atoms with van der Waals surface area (Å²) in [5, 5.41) is 3.65. The largest absolute Gasteiger partial charge is 0.370 e. The van der Waals surface area contributed by atoms with Crippen molar-refractivity contribution >= 4 is 5.69 Å². The number of rotatable bonds is 4. The second kappa shape index (κ2) is 5.60. The molecule has 114 valence electrons. The zero-order valence-corrected chi connectivity index (χ0v) is 13.0. The highest BCUT2D eigenvalue weighted by atomic mass is 15.1. The van der Waals surface area contributed by atoms with Gasteiger partial charge >= 0.3 is 0 Å². The molecule has 3 fully saturated rings. The van der Waals surface area contributed by atoms with Crippen LogP contribution in [-0.2, 0) is 6.54 Å². The molecule has 2 saturated carbocycles. The Morgan fingerprint density at radius 3 is 2.62 bits per heavy atom. The van der Waals surface area contributed by atoms with Gasteiger partial charge < -0.3 is 10.2 Å². The summed E-state index contributed by atoms with van der Waals surface area (Å²) >= 11 is 0. The van der Waals surface area contributed by atoms with E-state index in [1.807, 2.05) is 6.20 Å². The molecule has 1 aromatic rings. The van der Waals surface area contributed by atoms with Gasteiger partial charge in [-0.3, -0.25) is 4.98 Å². The van der Waals surface area contributed by atoms with Crippen LogP contribution in [0.5, 0.6) is 0 Å². The van der Waals surface area contributed by atoms with Gasteiger partial charge in [-0.1, -0.05) is 12.8 Å². The molecule has 0 aromatic carbocycles. The highest BCUT2D eigenvalue weighted by Crippen LogP contribution is 2.46. The smallest absolute Gasteiger partial charge is 0.0598 e. The number of hydrogen-bond donors (Lipinski definition) is 1. The van der Waals surface area contributed by atoms with E-state index in [9.17, 15) is 0 Å². The lowest BCUT2D eigenvalue weighted by Crippen LogP contribution is -2.39. The molecule has 3 aliphatic rings. The summed E-state index contributed by atoms with van der Waals surface area (Å²) in [5.74, 6) is 0. The monoisotopic (exact) mass is 285 g/mol. The molecule has 3 heteroatoms. The van der Waals surface area contributed by atoms with Gasteiger partial charge in [0, 0.05) is 31.9 Å². The van der Waals surface area contributed by atoms with Crippen molar-refractivity contribution in [2.45, 2.75) is 64.0 Å². The molecule has 1 saturated heterocycles. The average molecular weight is 285 g/mol. The lowest BCUT2D eigenvalue weighted by molar-refractivity contribution is 0.226. The van der Waals surface area contributed by atoms with Gasteiger partial charge in [-0.2, -0.15) is 0 Å². The van der Waals surface area contributed by atoms with Gasteiger partial charge in [0.2, 0.25) is 0 Å². The Bertz CT molecular complexity index is 479. The van der Waals surface area contributed by atoms with Gasteiger partial charge in [0.25, 0.3) is 0 Å². The van der Waals surface area contributed by atoms with Crippen LogP contribution in [0.25, 0.3) is 0 Å². The van der Waals surface area contributed by atoms with Crippen LogP contribution in [0.2, 0.25) is 0 Å². The van der Waals surface area contributed by atoms with E-state index in [0.717, 1.165) is 12.6 Å². The van der Waals surface area contributed by atoms with Gasteiger partial charge in [0.05, 0.1) is 11.9 Å². The molecule has 0 unspecified atom stereocenters. The summed E-state index contributed by atoms with van der Waals surface area (Å²) in [6.07, 6.45) is 15.4. The Balaban J connectivity index is 1.43. The Morgan fingerprint density at radius 2 is 1.90 bits per heavy atom. The lowest BCUT2D eigenvalue weighted by Gasteiger charge is -2.41.